The molecular weight excluding hydrogens is 406 g/mol. The van der Waals surface area contributed by atoms with Crippen LogP contribution in [0.4, 0.5) is 23.2 Å². The normalized spacial score (nSPS) is 11.4. The van der Waals surface area contributed by atoms with E-state index in [0.29, 0.717) is 35.9 Å². The third-order valence-electron chi connectivity index (χ3n) is 4.01. The van der Waals surface area contributed by atoms with Crippen molar-refractivity contribution in [2.75, 3.05) is 11.9 Å². The number of carbonyl (C=O) groups is 1. The highest BCUT2D eigenvalue weighted by atomic mass is 19.4. The molecule has 3 aromatic rings. The van der Waals surface area contributed by atoms with E-state index in [1.807, 2.05) is 6.92 Å². The highest BCUT2D eigenvalue weighted by Crippen LogP contribution is 2.33. The van der Waals surface area contributed by atoms with Crippen molar-refractivity contribution in [3.63, 3.8) is 0 Å². The maximum Gasteiger partial charge on any atom is 0.419 e. The van der Waals surface area contributed by atoms with Gasteiger partial charge in [0.15, 0.2) is 0 Å². The zero-order chi connectivity index (χ0) is 21.7. The Morgan fingerprint density at radius 2 is 1.90 bits per heavy atom. The lowest BCUT2D eigenvalue weighted by Crippen LogP contribution is -2.14. The lowest BCUT2D eigenvalue weighted by molar-refractivity contribution is -0.140. The van der Waals surface area contributed by atoms with Gasteiger partial charge in [-0.15, -0.1) is 0 Å². The van der Waals surface area contributed by atoms with Crippen LogP contribution in [-0.4, -0.2) is 22.7 Å². The van der Waals surface area contributed by atoms with Crippen molar-refractivity contribution < 1.29 is 31.6 Å². The number of amides is 1. The summed E-state index contributed by atoms with van der Waals surface area (Å²) in [5.41, 5.74) is -0.907. The van der Waals surface area contributed by atoms with Crippen LogP contribution in [0.25, 0.3) is 11.4 Å². The molecule has 0 spiro atoms. The van der Waals surface area contributed by atoms with E-state index in [4.69, 9.17) is 9.26 Å². The number of hydrogen-bond donors (Lipinski definition) is 1. The van der Waals surface area contributed by atoms with Crippen LogP contribution in [0.2, 0.25) is 0 Å². The molecule has 1 heterocycles. The van der Waals surface area contributed by atoms with Gasteiger partial charge in [0.25, 0.3) is 0 Å². The minimum Gasteiger partial charge on any atom is -0.494 e. The van der Waals surface area contributed by atoms with Gasteiger partial charge in [-0.2, -0.15) is 18.2 Å². The quantitative estimate of drug-likeness (QED) is 0.549. The predicted octanol–water partition coefficient (Wildman–Crippen LogP) is 4.86. The van der Waals surface area contributed by atoms with Crippen LogP contribution in [0.1, 0.15) is 24.8 Å². The van der Waals surface area contributed by atoms with Gasteiger partial charge in [0, 0.05) is 24.1 Å². The molecule has 0 bridgehead atoms. The summed E-state index contributed by atoms with van der Waals surface area (Å²) in [4.78, 5) is 16.2. The number of benzene rings is 2. The zero-order valence-electron chi connectivity index (χ0n) is 15.8. The average Bonchev–Trinajstić information content (AvgIpc) is 3.17. The van der Waals surface area contributed by atoms with Crippen LogP contribution in [0, 0.1) is 5.82 Å². The molecule has 6 nitrogen and oxygen atoms in total. The maximum atomic E-state index is 13.3. The molecule has 2 aromatic carbocycles. The second-order valence-electron chi connectivity index (χ2n) is 6.21. The Hall–Kier alpha value is -3.43. The number of nitrogens with zero attached hydrogens (tertiary/aromatic N) is 2. The van der Waals surface area contributed by atoms with Gasteiger partial charge in [-0.1, -0.05) is 5.16 Å². The molecule has 0 aliphatic heterocycles. The Morgan fingerprint density at radius 3 is 2.57 bits per heavy atom. The maximum absolute atomic E-state index is 13.3. The van der Waals surface area contributed by atoms with E-state index in [2.05, 4.69) is 15.5 Å². The number of anilines is 1. The summed E-state index contributed by atoms with van der Waals surface area (Å²) in [6, 6.07) is 9.31. The fourth-order valence-electron chi connectivity index (χ4n) is 2.60. The number of rotatable bonds is 7. The first-order chi connectivity index (χ1) is 14.3. The van der Waals surface area contributed by atoms with Crippen LogP contribution in [-0.2, 0) is 17.4 Å². The first-order valence-electron chi connectivity index (χ1n) is 8.98. The molecular formula is C20H17F4N3O3. The Morgan fingerprint density at radius 1 is 1.17 bits per heavy atom. The molecule has 0 fully saturated rings. The van der Waals surface area contributed by atoms with Crippen molar-refractivity contribution in [3.05, 3.63) is 59.7 Å². The summed E-state index contributed by atoms with van der Waals surface area (Å²) in [5, 5.41) is 6.15. The fraction of sp³-hybridized carbons (Fsp3) is 0.250. The van der Waals surface area contributed by atoms with E-state index < -0.39 is 23.5 Å². The number of aryl methyl sites for hydroxylation is 1. The van der Waals surface area contributed by atoms with E-state index in [0.717, 1.165) is 6.07 Å². The minimum absolute atomic E-state index is 0.0865. The standard InChI is InChI=1S/C20H17F4N3O3/c1-2-29-14-6-3-12(4-7-14)19-26-18(30-27-19)10-9-17(28)25-13-5-8-16(21)15(11-13)20(22,23)24/h3-8,11H,2,9-10H2,1H3,(H,25,28). The van der Waals surface area contributed by atoms with Crippen molar-refractivity contribution in [1.29, 1.82) is 0 Å². The number of alkyl halides is 3. The molecule has 0 saturated carbocycles. The number of carbonyl (C=O) groups excluding carboxylic acids is 1. The molecule has 0 saturated heterocycles. The molecule has 3 rings (SSSR count). The third kappa shape index (κ3) is 5.34. The van der Waals surface area contributed by atoms with Crippen molar-refractivity contribution >= 4 is 11.6 Å². The third-order valence-corrected chi connectivity index (χ3v) is 4.01. The van der Waals surface area contributed by atoms with Gasteiger partial charge in [-0.25, -0.2) is 4.39 Å². The van der Waals surface area contributed by atoms with Gasteiger partial charge >= 0.3 is 6.18 Å². The van der Waals surface area contributed by atoms with Crippen LogP contribution in [0.3, 0.4) is 0 Å². The summed E-state index contributed by atoms with van der Waals surface area (Å²) in [6.45, 7) is 2.42. The van der Waals surface area contributed by atoms with Crippen LogP contribution in [0.5, 0.6) is 5.75 Å². The van der Waals surface area contributed by atoms with E-state index in [9.17, 15) is 22.4 Å². The zero-order valence-corrected chi connectivity index (χ0v) is 15.8. The highest BCUT2D eigenvalue weighted by molar-refractivity contribution is 5.90. The summed E-state index contributed by atoms with van der Waals surface area (Å²) in [7, 11) is 0. The van der Waals surface area contributed by atoms with Crippen molar-refractivity contribution in [1.82, 2.24) is 10.1 Å². The number of nitrogens with one attached hydrogen (secondary N) is 1. The SMILES string of the molecule is CCOc1ccc(-c2noc(CCC(=O)Nc3ccc(F)c(C(F)(F)F)c3)n2)cc1. The monoisotopic (exact) mass is 423 g/mol. The molecule has 0 aliphatic rings. The smallest absolute Gasteiger partial charge is 0.419 e. The topological polar surface area (TPSA) is 77.2 Å². The Labute approximate surface area is 168 Å². The van der Waals surface area contributed by atoms with E-state index in [-0.39, 0.29) is 24.4 Å². The largest absolute Gasteiger partial charge is 0.494 e. The number of hydrogen-bond acceptors (Lipinski definition) is 5. The molecule has 0 atom stereocenters. The summed E-state index contributed by atoms with van der Waals surface area (Å²) < 4.78 is 62.0. The van der Waals surface area contributed by atoms with Gasteiger partial charge in [-0.05, 0) is 49.4 Å². The van der Waals surface area contributed by atoms with Gasteiger partial charge in [0.2, 0.25) is 17.6 Å². The van der Waals surface area contributed by atoms with Crippen LogP contribution in [0.15, 0.2) is 47.0 Å². The lowest BCUT2D eigenvalue weighted by Gasteiger charge is -2.10. The van der Waals surface area contributed by atoms with Crippen LogP contribution >= 0.6 is 0 Å². The first-order valence-corrected chi connectivity index (χ1v) is 8.98. The van der Waals surface area contributed by atoms with Crippen molar-refractivity contribution in [3.8, 4) is 17.1 Å². The van der Waals surface area contributed by atoms with E-state index in [1.54, 1.807) is 24.3 Å². The summed E-state index contributed by atoms with van der Waals surface area (Å²) in [6.07, 6.45) is -4.88. The number of aromatic nitrogens is 2. The summed E-state index contributed by atoms with van der Waals surface area (Å²) in [5.74, 6) is -0.745. The van der Waals surface area contributed by atoms with Gasteiger partial charge in [0.1, 0.15) is 11.6 Å². The lowest BCUT2D eigenvalue weighted by atomic mass is 10.1. The molecule has 0 aliphatic carbocycles. The van der Waals surface area contributed by atoms with Crippen molar-refractivity contribution in [2.24, 2.45) is 0 Å². The molecule has 1 N–H and O–H groups in total. The molecule has 10 heteroatoms. The fourth-order valence-corrected chi connectivity index (χ4v) is 2.60. The molecule has 30 heavy (non-hydrogen) atoms. The second-order valence-corrected chi connectivity index (χ2v) is 6.21. The second kappa shape index (κ2) is 8.93. The minimum atomic E-state index is -4.86. The van der Waals surface area contributed by atoms with Crippen molar-refractivity contribution in [2.45, 2.75) is 25.9 Å². The first kappa shape index (κ1) is 21.3. The molecule has 0 unspecified atom stereocenters. The Balaban J connectivity index is 1.58. The Kier molecular flexibility index (Phi) is 6.34. The van der Waals surface area contributed by atoms with E-state index >= 15 is 0 Å². The molecule has 0 radical (unpaired) electrons. The van der Waals surface area contributed by atoms with Gasteiger partial charge in [0.05, 0.1) is 12.2 Å². The van der Waals surface area contributed by atoms with Gasteiger partial charge in [-0.3, -0.25) is 4.79 Å². The van der Waals surface area contributed by atoms with Crippen LogP contribution < -0.4 is 10.1 Å². The number of halogens is 4. The molecule has 1 aromatic heterocycles. The predicted molar refractivity (Wildman–Crippen MR) is 99.3 cm³/mol. The summed E-state index contributed by atoms with van der Waals surface area (Å²) >= 11 is 0. The highest BCUT2D eigenvalue weighted by Gasteiger charge is 2.34. The molecule has 158 valence electrons. The molecule has 1 amide bonds. The average molecular weight is 423 g/mol. The Bertz CT molecular complexity index is 1020. The number of ether oxygens (including phenoxy) is 1. The van der Waals surface area contributed by atoms with Gasteiger partial charge < -0.3 is 14.6 Å². The van der Waals surface area contributed by atoms with E-state index in [1.165, 1.54) is 0 Å².